The first-order chi connectivity index (χ1) is 7.34. The Labute approximate surface area is 96.0 Å². The van der Waals surface area contributed by atoms with Crippen molar-refractivity contribution in [1.82, 2.24) is 5.32 Å². The maximum atomic E-state index is 4.09. The average molecular weight is 219 g/mol. The zero-order valence-corrected chi connectivity index (χ0v) is 9.72. The Hall–Kier alpha value is -0.730. The molecule has 1 aliphatic carbocycles. The van der Waals surface area contributed by atoms with Crippen LogP contribution in [0.3, 0.4) is 0 Å². The van der Waals surface area contributed by atoms with Crippen LogP contribution in [0.1, 0.15) is 12.8 Å². The van der Waals surface area contributed by atoms with E-state index in [1.54, 1.807) is 0 Å². The molecule has 15 heavy (non-hydrogen) atoms. The fourth-order valence-electron chi connectivity index (χ4n) is 1.33. The zero-order valence-electron chi connectivity index (χ0n) is 8.91. The van der Waals surface area contributed by atoms with Gasteiger partial charge in [0.15, 0.2) is 0 Å². The molecule has 0 unspecified atom stereocenters. The maximum Gasteiger partial charge on any atom is 0.0200 e. The molecule has 0 aliphatic heterocycles. The van der Waals surface area contributed by atoms with Crippen molar-refractivity contribution in [3.63, 3.8) is 0 Å². The summed E-state index contributed by atoms with van der Waals surface area (Å²) in [7, 11) is 0. The lowest BCUT2D eigenvalue weighted by Crippen LogP contribution is -2.19. The van der Waals surface area contributed by atoms with Crippen LogP contribution in [0.15, 0.2) is 47.4 Å². The second-order valence-corrected chi connectivity index (χ2v) is 5.06. The number of nitrogens with one attached hydrogen (secondary N) is 1. The fourth-order valence-corrected chi connectivity index (χ4v) is 2.15. The van der Waals surface area contributed by atoms with Gasteiger partial charge < -0.3 is 5.32 Å². The number of thioether (sulfide) groups is 1. The van der Waals surface area contributed by atoms with Gasteiger partial charge in [0.2, 0.25) is 0 Å². The van der Waals surface area contributed by atoms with Gasteiger partial charge >= 0.3 is 0 Å². The minimum atomic E-state index is 0.781. The predicted molar refractivity (Wildman–Crippen MR) is 67.3 cm³/mol. The van der Waals surface area contributed by atoms with Crippen LogP contribution >= 0.6 is 11.8 Å². The van der Waals surface area contributed by atoms with Crippen LogP contribution < -0.4 is 5.32 Å². The molecule has 2 heteroatoms. The van der Waals surface area contributed by atoms with Crippen LogP contribution in [0.2, 0.25) is 0 Å². The minimum Gasteiger partial charge on any atom is -0.310 e. The maximum absolute atomic E-state index is 4.09. The molecule has 0 radical (unpaired) electrons. The Balaban J connectivity index is 1.66. The number of hydrogen-bond acceptors (Lipinski definition) is 2. The Kier molecular flexibility index (Phi) is 3.87. The molecule has 1 N–H and O–H groups in total. The highest BCUT2D eigenvalue weighted by molar-refractivity contribution is 7.99. The summed E-state index contributed by atoms with van der Waals surface area (Å²) in [5, 5.41) is 3.48. The normalized spacial score (nSPS) is 15.2. The standard InChI is InChI=1S/C13H17NS/c1-11(9-14-12-7-8-12)10-15-13-5-3-2-4-6-13/h2-6,12,14H,1,7-10H2. The Morgan fingerprint density at radius 3 is 2.73 bits per heavy atom. The quantitative estimate of drug-likeness (QED) is 0.583. The van der Waals surface area contributed by atoms with Gasteiger partial charge in [0.05, 0.1) is 0 Å². The molecule has 0 heterocycles. The van der Waals surface area contributed by atoms with E-state index in [4.69, 9.17) is 0 Å². The lowest BCUT2D eigenvalue weighted by molar-refractivity contribution is 0.736. The van der Waals surface area contributed by atoms with Gasteiger partial charge in [0.25, 0.3) is 0 Å². The van der Waals surface area contributed by atoms with Gasteiger partial charge in [-0.15, -0.1) is 11.8 Å². The van der Waals surface area contributed by atoms with E-state index in [0.717, 1.165) is 18.3 Å². The molecular weight excluding hydrogens is 202 g/mol. The molecule has 1 aromatic carbocycles. The molecule has 1 saturated carbocycles. The van der Waals surface area contributed by atoms with E-state index in [9.17, 15) is 0 Å². The molecule has 0 spiro atoms. The lowest BCUT2D eigenvalue weighted by Gasteiger charge is -2.06. The monoisotopic (exact) mass is 219 g/mol. The van der Waals surface area contributed by atoms with E-state index in [2.05, 4.69) is 36.2 Å². The van der Waals surface area contributed by atoms with Gasteiger partial charge in [-0.1, -0.05) is 30.4 Å². The fraction of sp³-hybridized carbons (Fsp3) is 0.385. The van der Waals surface area contributed by atoms with E-state index in [1.165, 1.54) is 23.3 Å². The zero-order chi connectivity index (χ0) is 10.5. The SMILES string of the molecule is C=C(CNC1CC1)CSc1ccccc1. The van der Waals surface area contributed by atoms with Crippen molar-refractivity contribution in [2.75, 3.05) is 12.3 Å². The first kappa shape index (κ1) is 10.8. The third kappa shape index (κ3) is 4.10. The summed E-state index contributed by atoms with van der Waals surface area (Å²) < 4.78 is 0. The summed E-state index contributed by atoms with van der Waals surface area (Å²) in [6.07, 6.45) is 2.69. The van der Waals surface area contributed by atoms with E-state index in [-0.39, 0.29) is 0 Å². The van der Waals surface area contributed by atoms with Crippen LogP contribution in [-0.2, 0) is 0 Å². The van der Waals surface area contributed by atoms with Crippen molar-refractivity contribution < 1.29 is 0 Å². The smallest absolute Gasteiger partial charge is 0.0200 e. The minimum absolute atomic E-state index is 0.781. The van der Waals surface area contributed by atoms with E-state index in [1.807, 2.05) is 17.8 Å². The second-order valence-electron chi connectivity index (χ2n) is 4.01. The van der Waals surface area contributed by atoms with Gasteiger partial charge in [-0.3, -0.25) is 0 Å². The summed E-state index contributed by atoms with van der Waals surface area (Å²) in [4.78, 5) is 1.32. The Bertz CT molecular complexity index is 317. The van der Waals surface area contributed by atoms with Crippen molar-refractivity contribution >= 4 is 11.8 Å². The van der Waals surface area contributed by atoms with Crippen LogP contribution in [0.25, 0.3) is 0 Å². The van der Waals surface area contributed by atoms with Crippen molar-refractivity contribution in [2.24, 2.45) is 0 Å². The summed E-state index contributed by atoms with van der Waals surface area (Å²) in [6, 6.07) is 11.3. The Morgan fingerprint density at radius 2 is 2.07 bits per heavy atom. The van der Waals surface area contributed by atoms with E-state index < -0.39 is 0 Å². The highest BCUT2D eigenvalue weighted by Gasteiger charge is 2.19. The van der Waals surface area contributed by atoms with Crippen molar-refractivity contribution in [3.05, 3.63) is 42.5 Å². The molecule has 1 aromatic rings. The molecule has 2 rings (SSSR count). The number of hydrogen-bond donors (Lipinski definition) is 1. The third-order valence-corrected chi connectivity index (χ3v) is 3.56. The first-order valence-electron chi connectivity index (χ1n) is 5.42. The number of rotatable bonds is 6. The molecule has 0 aromatic heterocycles. The molecule has 80 valence electrons. The molecule has 1 nitrogen and oxygen atoms in total. The van der Waals surface area contributed by atoms with Crippen molar-refractivity contribution in [3.8, 4) is 0 Å². The molecule has 1 aliphatic rings. The average Bonchev–Trinajstić information content (AvgIpc) is 3.09. The molecule has 0 atom stereocenters. The second kappa shape index (κ2) is 5.38. The van der Waals surface area contributed by atoms with Crippen LogP contribution in [-0.4, -0.2) is 18.3 Å². The summed E-state index contributed by atoms with van der Waals surface area (Å²) >= 11 is 1.86. The molecule has 0 bridgehead atoms. The van der Waals surface area contributed by atoms with E-state index >= 15 is 0 Å². The van der Waals surface area contributed by atoms with Crippen LogP contribution in [0, 0.1) is 0 Å². The molecular formula is C13H17NS. The predicted octanol–water partition coefficient (Wildman–Crippen LogP) is 3.09. The molecule has 0 amide bonds. The van der Waals surface area contributed by atoms with Crippen LogP contribution in [0.5, 0.6) is 0 Å². The summed E-state index contributed by atoms with van der Waals surface area (Å²) in [6.45, 7) is 5.06. The largest absolute Gasteiger partial charge is 0.310 e. The summed E-state index contributed by atoms with van der Waals surface area (Å²) in [5.74, 6) is 1.02. The van der Waals surface area contributed by atoms with Gasteiger partial charge in [-0.25, -0.2) is 0 Å². The van der Waals surface area contributed by atoms with Crippen LogP contribution in [0.4, 0.5) is 0 Å². The highest BCUT2D eigenvalue weighted by Crippen LogP contribution is 2.21. The summed E-state index contributed by atoms with van der Waals surface area (Å²) in [5.41, 5.74) is 1.29. The molecule has 0 saturated heterocycles. The third-order valence-electron chi connectivity index (χ3n) is 2.40. The van der Waals surface area contributed by atoms with Crippen molar-refractivity contribution in [2.45, 2.75) is 23.8 Å². The molecule has 1 fully saturated rings. The van der Waals surface area contributed by atoms with Gasteiger partial charge in [0.1, 0.15) is 0 Å². The van der Waals surface area contributed by atoms with Gasteiger partial charge in [-0.2, -0.15) is 0 Å². The van der Waals surface area contributed by atoms with Crippen molar-refractivity contribution in [1.29, 1.82) is 0 Å². The Morgan fingerprint density at radius 1 is 1.33 bits per heavy atom. The van der Waals surface area contributed by atoms with E-state index in [0.29, 0.717) is 0 Å². The topological polar surface area (TPSA) is 12.0 Å². The lowest BCUT2D eigenvalue weighted by atomic mass is 10.3. The highest BCUT2D eigenvalue weighted by atomic mass is 32.2. The number of benzene rings is 1. The van der Waals surface area contributed by atoms with Gasteiger partial charge in [0, 0.05) is 23.2 Å². The van der Waals surface area contributed by atoms with Gasteiger partial charge in [-0.05, 0) is 25.0 Å². The first-order valence-corrected chi connectivity index (χ1v) is 6.41.